The van der Waals surface area contributed by atoms with Crippen molar-refractivity contribution >= 4 is 33.2 Å². The van der Waals surface area contributed by atoms with Gasteiger partial charge in [0, 0.05) is 54.3 Å². The third-order valence-corrected chi connectivity index (χ3v) is 7.78. The van der Waals surface area contributed by atoms with Crippen molar-refractivity contribution in [3.05, 3.63) is 78.7 Å². The molecule has 4 aromatic rings. The van der Waals surface area contributed by atoms with Gasteiger partial charge < -0.3 is 14.6 Å². The van der Waals surface area contributed by atoms with Gasteiger partial charge in [-0.15, -0.1) is 11.3 Å². The molecule has 5 rings (SSSR count). The van der Waals surface area contributed by atoms with E-state index >= 15 is 0 Å². The van der Waals surface area contributed by atoms with Crippen molar-refractivity contribution in [3.63, 3.8) is 0 Å². The molecule has 1 aromatic carbocycles. The maximum absolute atomic E-state index is 12.5. The number of morpholine rings is 1. The van der Waals surface area contributed by atoms with Crippen LogP contribution in [0.15, 0.2) is 46.4 Å². The highest BCUT2D eigenvalue weighted by Gasteiger charge is 2.29. The average molecular weight is 526 g/mol. The molecule has 0 amide bonds. The molecular weight excluding hydrogens is 498 g/mol. The summed E-state index contributed by atoms with van der Waals surface area (Å²) in [6.07, 6.45) is 3.76. The van der Waals surface area contributed by atoms with Crippen molar-refractivity contribution in [1.29, 1.82) is 0 Å². The first-order chi connectivity index (χ1) is 17.1. The number of hydrogen-bond acceptors (Lipinski definition) is 7. The summed E-state index contributed by atoms with van der Waals surface area (Å²) in [7, 11) is 1.63. The summed E-state index contributed by atoms with van der Waals surface area (Å²) in [5.74, 6) is 0. The highest BCUT2D eigenvalue weighted by atomic mass is 35.5. The Hall–Kier alpha value is -2.85. The molecule has 1 N–H and O–H groups in total. The number of aromatic nitrogens is 4. The second kappa shape index (κ2) is 9.55. The third-order valence-electron chi connectivity index (χ3n) is 6.45. The smallest absolute Gasteiger partial charge is 0.331 e. The highest BCUT2D eigenvalue weighted by molar-refractivity contribution is 7.19. The van der Waals surface area contributed by atoms with E-state index in [9.17, 15) is 9.59 Å². The van der Waals surface area contributed by atoms with Gasteiger partial charge in [0.05, 0.1) is 34.2 Å². The van der Waals surface area contributed by atoms with E-state index < -0.39 is 0 Å². The van der Waals surface area contributed by atoms with Crippen molar-refractivity contribution in [3.8, 4) is 11.3 Å². The molecule has 8 nitrogen and oxygen atoms in total. The monoisotopic (exact) mass is 525 g/mol. The standard InChI is InChI=1S/C26H28ClN5O3S/c1-15-7-16(27)8-20(19(15)9-17-11-28-13-26(2,3)35-17)23-24-21(29-14-30-23)10-18(36-24)12-32-22(33)5-6-31(4)25(32)34/h5-8,10,14,17,28H,9,11-13H2,1-4H3/t17-/m1/s1. The van der Waals surface area contributed by atoms with Crippen LogP contribution in [0.1, 0.15) is 29.9 Å². The van der Waals surface area contributed by atoms with E-state index in [1.54, 1.807) is 13.4 Å². The molecule has 1 aliphatic heterocycles. The number of halogens is 1. The fourth-order valence-electron chi connectivity index (χ4n) is 4.75. The van der Waals surface area contributed by atoms with Crippen molar-refractivity contribution in [2.75, 3.05) is 13.1 Å². The number of rotatable bonds is 5. The quantitative estimate of drug-likeness (QED) is 0.428. The van der Waals surface area contributed by atoms with E-state index in [2.05, 4.69) is 36.1 Å². The van der Waals surface area contributed by atoms with Gasteiger partial charge in [-0.25, -0.2) is 14.8 Å². The number of thiophene rings is 1. The molecule has 0 radical (unpaired) electrons. The summed E-state index contributed by atoms with van der Waals surface area (Å²) in [6, 6.07) is 7.23. The number of nitrogens with zero attached hydrogens (tertiary/aromatic N) is 4. The van der Waals surface area contributed by atoms with Crippen LogP contribution < -0.4 is 16.6 Å². The Balaban J connectivity index is 1.58. The summed E-state index contributed by atoms with van der Waals surface area (Å²) < 4.78 is 9.86. The molecule has 0 spiro atoms. The Kier molecular flexibility index (Phi) is 6.59. The Bertz CT molecular complexity index is 1570. The molecule has 4 heterocycles. The zero-order chi connectivity index (χ0) is 25.6. The summed E-state index contributed by atoms with van der Waals surface area (Å²) in [6.45, 7) is 8.00. The summed E-state index contributed by atoms with van der Waals surface area (Å²) in [4.78, 5) is 34.8. The van der Waals surface area contributed by atoms with Crippen LogP contribution in [-0.4, -0.2) is 43.9 Å². The fourth-order valence-corrected chi connectivity index (χ4v) is 6.13. The number of nitrogens with one attached hydrogen (secondary N) is 1. The largest absolute Gasteiger partial charge is 0.369 e. The summed E-state index contributed by atoms with van der Waals surface area (Å²) >= 11 is 8.00. The lowest BCUT2D eigenvalue weighted by molar-refractivity contribution is -0.0928. The zero-order valence-corrected chi connectivity index (χ0v) is 22.2. The van der Waals surface area contributed by atoms with Crippen molar-refractivity contribution in [1.82, 2.24) is 24.4 Å². The molecule has 0 saturated carbocycles. The first-order valence-corrected chi connectivity index (χ1v) is 13.0. The molecule has 3 aromatic heterocycles. The van der Waals surface area contributed by atoms with Crippen LogP contribution in [0, 0.1) is 6.92 Å². The highest BCUT2D eigenvalue weighted by Crippen LogP contribution is 2.37. The van der Waals surface area contributed by atoms with E-state index in [1.165, 1.54) is 32.7 Å². The minimum atomic E-state index is -0.358. The summed E-state index contributed by atoms with van der Waals surface area (Å²) in [5, 5.41) is 4.11. The maximum atomic E-state index is 12.5. The Morgan fingerprint density at radius 3 is 2.83 bits per heavy atom. The molecule has 0 aliphatic carbocycles. The molecule has 36 heavy (non-hydrogen) atoms. The molecule has 1 saturated heterocycles. The van der Waals surface area contributed by atoms with E-state index in [0.29, 0.717) is 11.4 Å². The van der Waals surface area contributed by atoms with Gasteiger partial charge in [-0.2, -0.15) is 0 Å². The van der Waals surface area contributed by atoms with Gasteiger partial charge in [-0.05, 0) is 50.1 Å². The second-order valence-corrected chi connectivity index (χ2v) is 11.4. The van der Waals surface area contributed by atoms with Crippen molar-refractivity contribution in [2.24, 2.45) is 7.05 Å². The van der Waals surface area contributed by atoms with Gasteiger partial charge >= 0.3 is 5.69 Å². The molecule has 1 atom stereocenters. The van der Waals surface area contributed by atoms with Crippen LogP contribution >= 0.6 is 22.9 Å². The van der Waals surface area contributed by atoms with Gasteiger partial charge in [0.2, 0.25) is 0 Å². The lowest BCUT2D eigenvalue weighted by Gasteiger charge is -2.37. The van der Waals surface area contributed by atoms with Crippen LogP contribution in [0.5, 0.6) is 0 Å². The third kappa shape index (κ3) is 4.88. The van der Waals surface area contributed by atoms with Crippen molar-refractivity contribution in [2.45, 2.75) is 45.4 Å². The Labute approximate surface area is 217 Å². The molecule has 0 bridgehead atoms. The normalized spacial score (nSPS) is 17.5. The lowest BCUT2D eigenvalue weighted by Crippen LogP contribution is -2.51. The second-order valence-electron chi connectivity index (χ2n) is 9.87. The SMILES string of the molecule is Cc1cc(Cl)cc(-c2ncnc3cc(Cn4c(=O)ccn(C)c4=O)sc23)c1C[C@@H]1CNCC(C)(C)O1. The molecule has 10 heteroatoms. The lowest BCUT2D eigenvalue weighted by atomic mass is 9.93. The number of hydrogen-bond donors (Lipinski definition) is 1. The zero-order valence-electron chi connectivity index (χ0n) is 20.7. The number of aryl methyl sites for hydroxylation is 2. The molecule has 1 aliphatic rings. The topological polar surface area (TPSA) is 91.0 Å². The molecule has 0 unspecified atom stereocenters. The van der Waals surface area contributed by atoms with Crippen LogP contribution in [0.3, 0.4) is 0 Å². The Morgan fingerprint density at radius 1 is 1.25 bits per heavy atom. The Morgan fingerprint density at radius 2 is 2.06 bits per heavy atom. The van der Waals surface area contributed by atoms with E-state index in [-0.39, 0.29) is 29.5 Å². The van der Waals surface area contributed by atoms with E-state index in [0.717, 1.165) is 50.6 Å². The fraction of sp³-hybridized carbons (Fsp3) is 0.385. The number of fused-ring (bicyclic) bond motifs is 1. The van der Waals surface area contributed by atoms with Gasteiger partial charge in [0.25, 0.3) is 5.56 Å². The molecule has 188 valence electrons. The predicted molar refractivity (Wildman–Crippen MR) is 143 cm³/mol. The van der Waals surface area contributed by atoms with Gasteiger partial charge in [0.1, 0.15) is 6.33 Å². The minimum Gasteiger partial charge on any atom is -0.369 e. The molecule has 1 fully saturated rings. The van der Waals surface area contributed by atoms with Crippen LogP contribution in [0.25, 0.3) is 21.5 Å². The number of ether oxygens (including phenoxy) is 1. The van der Waals surface area contributed by atoms with Crippen molar-refractivity contribution < 1.29 is 4.74 Å². The van der Waals surface area contributed by atoms with Crippen LogP contribution in [-0.2, 0) is 24.8 Å². The van der Waals surface area contributed by atoms with Gasteiger partial charge in [-0.3, -0.25) is 9.36 Å². The van der Waals surface area contributed by atoms with E-state index in [4.69, 9.17) is 16.3 Å². The first-order valence-electron chi connectivity index (χ1n) is 11.8. The summed E-state index contributed by atoms with van der Waals surface area (Å²) in [5.41, 5.74) is 3.77. The minimum absolute atomic E-state index is 0.0183. The van der Waals surface area contributed by atoms with Crippen LogP contribution in [0.4, 0.5) is 0 Å². The van der Waals surface area contributed by atoms with Crippen LogP contribution in [0.2, 0.25) is 5.02 Å². The van der Waals surface area contributed by atoms with Gasteiger partial charge in [0.15, 0.2) is 0 Å². The predicted octanol–water partition coefficient (Wildman–Crippen LogP) is 3.54. The average Bonchev–Trinajstić information content (AvgIpc) is 3.23. The van der Waals surface area contributed by atoms with Gasteiger partial charge in [-0.1, -0.05) is 11.6 Å². The maximum Gasteiger partial charge on any atom is 0.331 e. The van der Waals surface area contributed by atoms with E-state index in [1.807, 2.05) is 18.2 Å². The molecular formula is C26H28ClN5O3S. The number of benzene rings is 1. The first kappa shape index (κ1) is 24.8.